The van der Waals surface area contributed by atoms with Gasteiger partial charge in [-0.1, -0.05) is 109 Å². The van der Waals surface area contributed by atoms with Gasteiger partial charge < -0.3 is 84.0 Å². The number of alkyl halides is 6. The van der Waals surface area contributed by atoms with E-state index in [-0.39, 0.29) is 0 Å². The van der Waals surface area contributed by atoms with Gasteiger partial charge in [0.25, 0.3) is 34.1 Å². The zero-order valence-corrected chi connectivity index (χ0v) is 81.7. The average Bonchev–Trinajstić information content (AvgIpc) is 0.717. The Morgan fingerprint density at radius 2 is 0.373 bits per heavy atom. The highest BCUT2D eigenvalue weighted by atomic mass is 79.9. The smallest absolute Gasteiger partial charge is 0.461 e. The third-order valence-electron chi connectivity index (χ3n) is 16.4. The molecule has 6 aromatic rings. The molecule has 0 aliphatic carbocycles. The minimum absolute atomic E-state index is 0.481. The molecule has 684 valence electrons. The van der Waals surface area contributed by atoms with Gasteiger partial charge in [-0.05, 0) is 119 Å². The zero-order valence-electron chi connectivity index (χ0n) is 69.5. The molecule has 1 aliphatic heterocycles. The molecule has 0 N–H and O–H groups in total. The van der Waals surface area contributed by atoms with E-state index in [0.29, 0.717) is 36.4 Å². The lowest BCUT2D eigenvalue weighted by atomic mass is 10.1. The van der Waals surface area contributed by atoms with Crippen LogP contribution in [0.4, 0.5) is 34.1 Å². The molecule has 0 fully saturated rings. The second-order valence-electron chi connectivity index (χ2n) is 28.9. The van der Waals surface area contributed by atoms with E-state index in [1.807, 2.05) is 0 Å². The molecule has 0 bridgehead atoms. The highest BCUT2D eigenvalue weighted by Crippen LogP contribution is 2.80. The van der Waals surface area contributed by atoms with Gasteiger partial charge in [0.1, 0.15) is 65.6 Å². The molecule has 1 aliphatic rings. The second-order valence-corrected chi connectivity index (χ2v) is 47.0. The Kier molecular flexibility index (Phi) is 33.3. The number of esters is 6. The topological polar surface area (TPSA) is 564 Å². The summed E-state index contributed by atoms with van der Waals surface area (Å²) in [5.41, 5.74) is -9.13. The number of carbonyl (C=O) groups is 6. The monoisotopic (exact) mass is 2210 g/mol. The third kappa shape index (κ3) is 26.0. The second kappa shape index (κ2) is 40.8. The van der Waals surface area contributed by atoms with Crippen LogP contribution in [0.5, 0.6) is 69.0 Å². The standard InChI is InChI=1S/C72H78Br6N9O36P3/c1-67(2,73)61(88)112-31-37-19-49(106-13)55(25-43(37)82(94)95)118-124(119-56-26-44(83(96)97)38(20-50(56)107-14)32-113-62(89)68(3,4)74)79-125(120-57-27-45(84(98)99)39(21-51(57)108-15)33-114-63(90)69(5,6)75,121-58-28-46(85(100)101)40(22-52(58)109-16)34-115-64(91)70(7,8)76)81-126(80-124,122-59-29-47(86(102)103)41(23-53(59)110-17)35-116-65(92)71(9,10)77)123-60-30-48(87(104)105)42(24-54(60)111-18)36-117-66(93)72(11,12)78/h19-30H,31-36H2,1-18H3. The summed E-state index contributed by atoms with van der Waals surface area (Å²) in [6.45, 7) is 10.9. The number of carbonyl (C=O) groups excluding carboxylic acids is 6. The maximum atomic E-state index is 13.7. The van der Waals surface area contributed by atoms with Gasteiger partial charge in [-0.2, -0.15) is 0 Å². The Bertz CT molecular complexity index is 4700. The molecule has 54 heteroatoms. The number of nitro groups is 6. The molecule has 1 heterocycles. The third-order valence-corrected chi connectivity index (χ3v) is 26.4. The van der Waals surface area contributed by atoms with Crippen LogP contribution in [0.15, 0.2) is 86.3 Å². The van der Waals surface area contributed by atoms with E-state index in [1.54, 1.807) is 0 Å². The number of ether oxygens (including phenoxy) is 12. The van der Waals surface area contributed by atoms with Crippen LogP contribution in [0.1, 0.15) is 116 Å². The summed E-state index contributed by atoms with van der Waals surface area (Å²) in [6.07, 6.45) is 0. The number of halogens is 6. The Morgan fingerprint density at radius 1 is 0.254 bits per heavy atom. The highest BCUT2D eigenvalue weighted by Gasteiger charge is 2.53. The fraction of sp³-hybridized carbons (Fsp3) is 0.417. The SMILES string of the molecule is COc1cc(COC(=O)C(C)(C)Br)c([N+](=O)[O-])cc1OP1(Oc2cc([N+](=O)[O-])c(COC(=O)C(C)(C)Br)cc2OC)=NP(Oc2cc([N+](=O)[O-])c(COC(=O)C(C)(C)Br)cc2OC)(Oc2cc([N+](=O)[O-])c(COC(=O)C(C)(C)Br)cc2OC)=NP(Oc2cc([N+](=O)[O-])c(COC(=O)C(C)(C)Br)cc2OC)(Oc2cc([N+](=O)[O-])c(COC(=O)C(C)(C)Br)cc2OC)=N1. The number of hydrogen-bond donors (Lipinski definition) is 0. The average molecular weight is 2220 g/mol. The van der Waals surface area contributed by atoms with Gasteiger partial charge >= 0.3 is 58.8 Å². The van der Waals surface area contributed by atoms with E-state index in [9.17, 15) is 89.5 Å². The van der Waals surface area contributed by atoms with E-state index in [2.05, 4.69) is 95.6 Å². The van der Waals surface area contributed by atoms with Crippen LogP contribution in [0.25, 0.3) is 0 Å². The number of rotatable bonds is 42. The van der Waals surface area contributed by atoms with E-state index < -0.39 is 290 Å². The maximum absolute atomic E-state index is 13.7. The first-order valence-corrected chi connectivity index (χ1v) is 44.9. The molecule has 126 heavy (non-hydrogen) atoms. The molecular formula is C72H78Br6N9O36P3. The number of nitro benzene ring substituents is 6. The van der Waals surface area contributed by atoms with Crippen LogP contribution >= 0.6 is 119 Å². The molecule has 0 radical (unpaired) electrons. The number of hydrogen-bond acceptors (Lipinski definition) is 39. The number of methoxy groups -OCH3 is 6. The van der Waals surface area contributed by atoms with Crippen molar-refractivity contribution in [3.05, 3.63) is 167 Å². The minimum Gasteiger partial charge on any atom is -0.493 e. The first-order chi connectivity index (χ1) is 58.2. The normalized spacial score (nSPS) is 13.4. The van der Waals surface area contributed by atoms with Crippen LogP contribution in [0.3, 0.4) is 0 Å². The van der Waals surface area contributed by atoms with Gasteiger partial charge in [0.2, 0.25) is 0 Å². The lowest BCUT2D eigenvalue weighted by molar-refractivity contribution is -0.386. The van der Waals surface area contributed by atoms with E-state index >= 15 is 0 Å². The lowest BCUT2D eigenvalue weighted by Crippen LogP contribution is -2.26. The van der Waals surface area contributed by atoms with Crippen molar-refractivity contribution in [2.24, 2.45) is 13.5 Å². The number of benzene rings is 6. The van der Waals surface area contributed by atoms with Crippen LogP contribution < -0.4 is 55.6 Å². The summed E-state index contributed by atoms with van der Waals surface area (Å²) in [4.78, 5) is 156. The number of nitrogens with zero attached hydrogens (tertiary/aromatic N) is 9. The Balaban J connectivity index is 1.94. The van der Waals surface area contributed by atoms with Crippen LogP contribution in [-0.2, 0) is 96.8 Å². The van der Waals surface area contributed by atoms with Crippen molar-refractivity contribution in [1.82, 2.24) is 0 Å². The van der Waals surface area contributed by atoms with E-state index in [1.165, 1.54) is 83.1 Å². The highest BCUT2D eigenvalue weighted by molar-refractivity contribution is 9.11. The predicted molar refractivity (Wildman–Crippen MR) is 467 cm³/mol. The van der Waals surface area contributed by atoms with E-state index in [0.717, 1.165) is 79.1 Å². The van der Waals surface area contributed by atoms with Crippen molar-refractivity contribution < 1.29 is 142 Å². The summed E-state index contributed by atoms with van der Waals surface area (Å²) in [5, 5.41) is 82.3. The van der Waals surface area contributed by atoms with Crippen molar-refractivity contribution in [3.8, 4) is 69.0 Å². The molecule has 0 saturated carbocycles. The first-order valence-electron chi connectivity index (χ1n) is 35.6. The van der Waals surface area contributed by atoms with Gasteiger partial charge in [0.05, 0.1) is 142 Å². The molecule has 0 unspecified atom stereocenters. The Labute approximate surface area is 766 Å². The predicted octanol–water partition coefficient (Wildman–Crippen LogP) is 19.1. The molecule has 0 amide bonds. The molecule has 0 aromatic heterocycles. The molecule has 0 spiro atoms. The Hall–Kier alpha value is -10.3. The fourth-order valence-electron chi connectivity index (χ4n) is 10.1. The van der Waals surface area contributed by atoms with Crippen molar-refractivity contribution >= 4 is 188 Å². The summed E-state index contributed by atoms with van der Waals surface area (Å²) in [6, 6.07) is 8.76. The lowest BCUT2D eigenvalue weighted by Gasteiger charge is -2.34. The maximum Gasteiger partial charge on any atom is 0.461 e. The summed E-state index contributed by atoms with van der Waals surface area (Å²) in [7, 11) is -13.3. The van der Waals surface area contributed by atoms with Gasteiger partial charge in [-0.3, -0.25) is 89.5 Å². The van der Waals surface area contributed by atoms with E-state index in [4.69, 9.17) is 97.5 Å². The minimum atomic E-state index is -6.33. The molecule has 0 saturated heterocycles. The van der Waals surface area contributed by atoms with Crippen LogP contribution in [-0.4, -0.2) is 134 Å². The summed E-state index contributed by atoms with van der Waals surface area (Å²) in [5.74, 6) is -16.2. The van der Waals surface area contributed by atoms with Gasteiger partial charge in [-0.25, -0.2) is 0 Å². The van der Waals surface area contributed by atoms with Gasteiger partial charge in [0, 0.05) is 0 Å². The molecule has 45 nitrogen and oxygen atoms in total. The Morgan fingerprint density at radius 3 is 0.468 bits per heavy atom. The molecule has 7 rings (SSSR count). The summed E-state index contributed by atoms with van der Waals surface area (Å²) >= 11 is 19.1. The van der Waals surface area contributed by atoms with Crippen molar-refractivity contribution in [1.29, 1.82) is 0 Å². The van der Waals surface area contributed by atoms with Crippen LogP contribution in [0.2, 0.25) is 0 Å². The van der Waals surface area contributed by atoms with Crippen molar-refractivity contribution in [2.45, 2.75) is 149 Å². The van der Waals surface area contributed by atoms with Crippen molar-refractivity contribution in [3.63, 3.8) is 0 Å². The largest absolute Gasteiger partial charge is 0.493 e. The molecule has 6 aromatic carbocycles. The molecular weight excluding hydrogens is 2140 g/mol. The van der Waals surface area contributed by atoms with Crippen LogP contribution in [0, 0.1) is 60.7 Å². The van der Waals surface area contributed by atoms with Gasteiger partial charge in [-0.15, -0.1) is 0 Å². The fourth-order valence-corrected chi connectivity index (χ4v) is 19.8. The van der Waals surface area contributed by atoms with Crippen molar-refractivity contribution in [2.75, 3.05) is 42.7 Å². The zero-order chi connectivity index (χ0) is 94.9. The molecule has 0 atom stereocenters. The first kappa shape index (κ1) is 103. The van der Waals surface area contributed by atoms with Gasteiger partial charge in [0.15, 0.2) is 69.0 Å². The summed E-state index contributed by atoms with van der Waals surface area (Å²) < 4.78 is 116. The quantitative estimate of drug-likeness (QED) is 0.00857.